The fourth-order valence-corrected chi connectivity index (χ4v) is 4.59. The highest BCUT2D eigenvalue weighted by Crippen LogP contribution is 2.38. The van der Waals surface area contributed by atoms with E-state index >= 15 is 0 Å². The summed E-state index contributed by atoms with van der Waals surface area (Å²) in [6.07, 6.45) is 8.37. The molecule has 158 valence electrons. The van der Waals surface area contributed by atoms with Crippen molar-refractivity contribution in [2.45, 2.75) is 51.5 Å². The molecular weight excluding hydrogens is 406 g/mol. The molecule has 3 aromatic rings. The number of aromatic nitrogens is 2. The zero-order valence-corrected chi connectivity index (χ0v) is 17.6. The molecule has 30 heavy (non-hydrogen) atoms. The third kappa shape index (κ3) is 4.04. The van der Waals surface area contributed by atoms with Crippen LogP contribution in [0.3, 0.4) is 0 Å². The molecule has 0 unspecified atom stereocenters. The van der Waals surface area contributed by atoms with Gasteiger partial charge in [0.2, 0.25) is 0 Å². The van der Waals surface area contributed by atoms with Gasteiger partial charge in [0.1, 0.15) is 11.6 Å². The van der Waals surface area contributed by atoms with Crippen LogP contribution in [0.5, 0.6) is 5.75 Å². The van der Waals surface area contributed by atoms with E-state index in [9.17, 15) is 8.78 Å². The smallest absolute Gasteiger partial charge is 0.161 e. The van der Waals surface area contributed by atoms with Crippen LogP contribution in [0.25, 0.3) is 22.4 Å². The van der Waals surface area contributed by atoms with Crippen LogP contribution in [0.2, 0.25) is 5.02 Å². The van der Waals surface area contributed by atoms with Crippen LogP contribution in [-0.4, -0.2) is 16.2 Å². The minimum atomic E-state index is -0.877. The quantitative estimate of drug-likeness (QED) is 0.420. The van der Waals surface area contributed by atoms with E-state index in [0.717, 1.165) is 24.9 Å². The Labute approximate surface area is 180 Å². The zero-order valence-electron chi connectivity index (χ0n) is 16.8. The van der Waals surface area contributed by atoms with Crippen LogP contribution in [0.4, 0.5) is 8.78 Å². The number of benzene rings is 2. The number of fused-ring (bicyclic) bond motifs is 1. The molecule has 3 nitrogen and oxygen atoms in total. The topological polar surface area (TPSA) is 27.1 Å². The number of imidazole rings is 1. The fraction of sp³-hybridized carbons (Fsp3) is 0.458. The van der Waals surface area contributed by atoms with E-state index in [-0.39, 0.29) is 0 Å². The minimum absolute atomic E-state index is 0.461. The average Bonchev–Trinajstić information content (AvgIpc) is 3.52. The fourth-order valence-electron chi connectivity index (χ4n) is 4.43. The normalized spacial score (nSPS) is 17.6. The van der Waals surface area contributed by atoms with Gasteiger partial charge in [-0.05, 0) is 55.7 Å². The van der Waals surface area contributed by atoms with Gasteiger partial charge in [-0.3, -0.25) is 0 Å². The Morgan fingerprint density at radius 3 is 2.50 bits per heavy atom. The molecular formula is C24H25ClF2N2O. The molecule has 2 saturated carbocycles. The first kappa shape index (κ1) is 19.8. The van der Waals surface area contributed by atoms with E-state index in [2.05, 4.69) is 0 Å². The Morgan fingerprint density at radius 1 is 0.967 bits per heavy atom. The molecule has 0 spiro atoms. The summed E-state index contributed by atoms with van der Waals surface area (Å²) < 4.78 is 36.2. The second-order valence-electron chi connectivity index (χ2n) is 8.70. The summed E-state index contributed by atoms with van der Waals surface area (Å²) in [4.78, 5) is 4.72. The summed E-state index contributed by atoms with van der Waals surface area (Å²) in [6, 6.07) is 7.98. The van der Waals surface area contributed by atoms with Crippen LogP contribution < -0.4 is 4.74 Å². The minimum Gasteiger partial charge on any atom is -0.492 e. The van der Waals surface area contributed by atoms with Crippen molar-refractivity contribution >= 4 is 22.6 Å². The van der Waals surface area contributed by atoms with Crippen molar-refractivity contribution in [3.63, 3.8) is 0 Å². The highest BCUT2D eigenvalue weighted by molar-refractivity contribution is 6.30. The van der Waals surface area contributed by atoms with Gasteiger partial charge in [-0.25, -0.2) is 13.8 Å². The summed E-state index contributed by atoms with van der Waals surface area (Å²) in [6.45, 7) is 1.39. The zero-order chi connectivity index (χ0) is 20.7. The molecule has 0 saturated heterocycles. The lowest BCUT2D eigenvalue weighted by Gasteiger charge is -2.23. The number of hydrogen-bond donors (Lipinski definition) is 0. The first-order valence-electron chi connectivity index (χ1n) is 10.9. The van der Waals surface area contributed by atoms with Crippen molar-refractivity contribution in [3.05, 3.63) is 47.0 Å². The molecule has 0 bridgehead atoms. The summed E-state index contributed by atoms with van der Waals surface area (Å²) in [7, 11) is 0. The highest BCUT2D eigenvalue weighted by atomic mass is 35.5. The maximum absolute atomic E-state index is 14.1. The van der Waals surface area contributed by atoms with E-state index in [1.54, 1.807) is 0 Å². The molecule has 5 rings (SSSR count). The summed E-state index contributed by atoms with van der Waals surface area (Å²) >= 11 is 6.24. The third-order valence-electron chi connectivity index (χ3n) is 6.31. The molecule has 0 atom stereocenters. The summed E-state index contributed by atoms with van der Waals surface area (Å²) in [5.41, 5.74) is 1.90. The van der Waals surface area contributed by atoms with Crippen LogP contribution in [-0.2, 0) is 6.54 Å². The van der Waals surface area contributed by atoms with Crippen molar-refractivity contribution in [2.24, 2.45) is 11.8 Å². The molecule has 1 aromatic heterocycles. The van der Waals surface area contributed by atoms with Crippen molar-refractivity contribution in [3.8, 4) is 17.1 Å². The molecule has 2 aliphatic rings. The Morgan fingerprint density at radius 2 is 1.73 bits per heavy atom. The number of nitrogens with zero attached hydrogens (tertiary/aromatic N) is 2. The van der Waals surface area contributed by atoms with Gasteiger partial charge < -0.3 is 9.30 Å². The maximum Gasteiger partial charge on any atom is 0.161 e. The van der Waals surface area contributed by atoms with Crippen molar-refractivity contribution in [1.29, 1.82) is 0 Å². The number of hydrogen-bond acceptors (Lipinski definition) is 2. The first-order chi connectivity index (χ1) is 14.6. The van der Waals surface area contributed by atoms with Crippen LogP contribution in [0.15, 0.2) is 30.3 Å². The van der Waals surface area contributed by atoms with E-state index in [1.165, 1.54) is 44.2 Å². The molecule has 2 aliphatic carbocycles. The lowest BCUT2D eigenvalue weighted by atomic mass is 9.89. The molecule has 6 heteroatoms. The van der Waals surface area contributed by atoms with Crippen LogP contribution in [0, 0.1) is 23.5 Å². The van der Waals surface area contributed by atoms with E-state index in [1.807, 2.05) is 22.8 Å². The van der Waals surface area contributed by atoms with E-state index < -0.39 is 11.6 Å². The second-order valence-corrected chi connectivity index (χ2v) is 9.14. The maximum atomic E-state index is 14.1. The van der Waals surface area contributed by atoms with Gasteiger partial charge >= 0.3 is 0 Å². The van der Waals surface area contributed by atoms with Crippen molar-refractivity contribution in [2.75, 3.05) is 6.61 Å². The second kappa shape index (κ2) is 8.18. The van der Waals surface area contributed by atoms with E-state index in [4.69, 9.17) is 21.3 Å². The molecule has 0 radical (unpaired) electrons. The van der Waals surface area contributed by atoms with Gasteiger partial charge in [0.25, 0.3) is 0 Å². The highest BCUT2D eigenvalue weighted by Gasteiger charge is 2.25. The first-order valence-corrected chi connectivity index (χ1v) is 11.2. The lowest BCUT2D eigenvalue weighted by molar-refractivity contribution is 0.300. The molecule has 1 heterocycles. The van der Waals surface area contributed by atoms with Crippen LogP contribution in [0.1, 0.15) is 44.9 Å². The largest absolute Gasteiger partial charge is 0.492 e. The average molecular weight is 431 g/mol. The van der Waals surface area contributed by atoms with Gasteiger partial charge in [-0.2, -0.15) is 0 Å². The SMILES string of the molecule is Fc1cc2nc(-c3ccc(Cl)cc3OCC3CC3)n(CC3CCCCC3)c2cc1F. The van der Waals surface area contributed by atoms with Gasteiger partial charge in [0.05, 0.1) is 23.2 Å². The molecule has 0 amide bonds. The van der Waals surface area contributed by atoms with Crippen molar-refractivity contribution < 1.29 is 13.5 Å². The molecule has 0 aliphatic heterocycles. The standard InChI is InChI=1S/C24H25ClF2N2O/c25-17-8-9-18(23(10-17)30-14-16-6-7-16)24-28-21-11-19(26)20(27)12-22(21)29(24)13-15-4-2-1-3-5-15/h8-12,15-16H,1-7,13-14H2. The predicted octanol–water partition coefficient (Wildman–Crippen LogP) is 7.00. The summed E-state index contributed by atoms with van der Waals surface area (Å²) in [5, 5.41) is 0.594. The molecule has 2 fully saturated rings. The molecule has 0 N–H and O–H groups in total. The molecule has 2 aromatic carbocycles. The van der Waals surface area contributed by atoms with Crippen molar-refractivity contribution in [1.82, 2.24) is 9.55 Å². The van der Waals surface area contributed by atoms with Crippen LogP contribution >= 0.6 is 11.6 Å². The van der Waals surface area contributed by atoms with E-state index in [0.29, 0.717) is 46.1 Å². The Hall–Kier alpha value is -2.14. The van der Waals surface area contributed by atoms with Gasteiger partial charge in [0.15, 0.2) is 11.6 Å². The van der Waals surface area contributed by atoms with Gasteiger partial charge in [-0.15, -0.1) is 0 Å². The lowest BCUT2D eigenvalue weighted by Crippen LogP contribution is -2.15. The van der Waals surface area contributed by atoms with Gasteiger partial charge in [0, 0.05) is 23.7 Å². The Kier molecular flexibility index (Phi) is 5.40. The van der Waals surface area contributed by atoms with Gasteiger partial charge in [-0.1, -0.05) is 30.9 Å². The Bertz CT molecular complexity index is 1070. The number of halogens is 3. The third-order valence-corrected chi connectivity index (χ3v) is 6.55. The Balaban J connectivity index is 1.61. The predicted molar refractivity (Wildman–Crippen MR) is 115 cm³/mol. The monoisotopic (exact) mass is 430 g/mol. The summed E-state index contributed by atoms with van der Waals surface area (Å²) in [5.74, 6) is 0.739. The number of rotatable bonds is 6. The number of ether oxygens (including phenoxy) is 1.